The molecule has 0 amide bonds. The van der Waals surface area contributed by atoms with Crippen LogP contribution in [0.15, 0.2) is 36.4 Å². The highest BCUT2D eigenvalue weighted by Crippen LogP contribution is 2.35. The van der Waals surface area contributed by atoms with Gasteiger partial charge in [-0.2, -0.15) is 0 Å². The van der Waals surface area contributed by atoms with E-state index in [2.05, 4.69) is 0 Å². The second-order valence-corrected chi connectivity index (χ2v) is 5.01. The molecule has 2 rings (SSSR count). The highest BCUT2D eigenvalue weighted by Gasteiger charge is 2.17. The number of hydrogen-bond acceptors (Lipinski definition) is 2. The molecule has 2 aromatic rings. The van der Waals surface area contributed by atoms with E-state index in [1.54, 1.807) is 31.4 Å². The smallest absolute Gasteiger partial charge is 0.356 e. The molecule has 84 valence electrons. The van der Waals surface area contributed by atoms with Crippen LogP contribution in [0.4, 0.5) is 0 Å². The molecule has 0 bridgehead atoms. The average molecular weight is 238 g/mol. The van der Waals surface area contributed by atoms with Crippen molar-refractivity contribution in [2.45, 2.75) is 0 Å². The minimum absolute atomic E-state index is 0.0215. The number of hydrogen-bond donors (Lipinski definition) is 2. The maximum atomic E-state index is 11.1. The lowest BCUT2D eigenvalue weighted by Gasteiger charge is -2.08. The third kappa shape index (κ3) is 1.95. The molecule has 4 nitrogen and oxygen atoms in total. The van der Waals surface area contributed by atoms with Gasteiger partial charge in [0.15, 0.2) is 0 Å². The van der Waals surface area contributed by atoms with E-state index in [9.17, 15) is 4.57 Å². The van der Waals surface area contributed by atoms with Crippen molar-refractivity contribution in [3.05, 3.63) is 36.4 Å². The molecule has 2 N–H and O–H groups in total. The monoisotopic (exact) mass is 238 g/mol. The molecule has 2 aromatic carbocycles. The van der Waals surface area contributed by atoms with Crippen molar-refractivity contribution in [3.8, 4) is 5.75 Å². The summed E-state index contributed by atoms with van der Waals surface area (Å²) >= 11 is 0. The van der Waals surface area contributed by atoms with E-state index in [1.165, 1.54) is 12.1 Å². The normalized spacial score (nSPS) is 11.7. The quantitative estimate of drug-likeness (QED) is 0.781. The molecule has 0 aliphatic heterocycles. The fourth-order valence-corrected chi connectivity index (χ4v) is 2.18. The predicted molar refractivity (Wildman–Crippen MR) is 62.2 cm³/mol. The zero-order chi connectivity index (χ0) is 11.8. The van der Waals surface area contributed by atoms with Gasteiger partial charge in [-0.15, -0.1) is 0 Å². The topological polar surface area (TPSA) is 66.8 Å². The summed E-state index contributed by atoms with van der Waals surface area (Å²) < 4.78 is 16.3. The fourth-order valence-electron chi connectivity index (χ4n) is 1.60. The summed E-state index contributed by atoms with van der Waals surface area (Å²) in [6.07, 6.45) is 0. The lowest BCUT2D eigenvalue weighted by molar-refractivity contribution is 0.387. The number of methoxy groups -OCH3 is 1. The van der Waals surface area contributed by atoms with Gasteiger partial charge in [0, 0.05) is 5.39 Å². The average Bonchev–Trinajstić information content (AvgIpc) is 2.26. The van der Waals surface area contributed by atoms with Crippen molar-refractivity contribution in [2.24, 2.45) is 0 Å². The van der Waals surface area contributed by atoms with Gasteiger partial charge in [-0.3, -0.25) is 4.57 Å². The molecular weight excluding hydrogens is 227 g/mol. The highest BCUT2D eigenvalue weighted by molar-refractivity contribution is 7.60. The molecule has 0 spiro atoms. The Morgan fingerprint density at radius 2 is 1.94 bits per heavy atom. The van der Waals surface area contributed by atoms with Gasteiger partial charge in [-0.1, -0.05) is 12.1 Å². The lowest BCUT2D eigenvalue weighted by atomic mass is 10.1. The molecule has 0 heterocycles. The molecular formula is C11H11O4P. The molecule has 0 aromatic heterocycles. The first-order valence-electron chi connectivity index (χ1n) is 4.65. The summed E-state index contributed by atoms with van der Waals surface area (Å²) in [5, 5.41) is 1.61. The second-order valence-electron chi connectivity index (χ2n) is 3.41. The van der Waals surface area contributed by atoms with Crippen LogP contribution in [0.1, 0.15) is 0 Å². The van der Waals surface area contributed by atoms with Crippen LogP contribution in [-0.4, -0.2) is 16.9 Å². The largest absolute Gasteiger partial charge is 0.496 e. The molecule has 16 heavy (non-hydrogen) atoms. The molecule has 0 unspecified atom stereocenters. The third-order valence-corrected chi connectivity index (χ3v) is 3.33. The molecule has 0 fully saturated rings. The van der Waals surface area contributed by atoms with Gasteiger partial charge in [0.1, 0.15) is 5.75 Å². The molecule has 0 aliphatic carbocycles. The van der Waals surface area contributed by atoms with Crippen molar-refractivity contribution in [2.75, 3.05) is 7.11 Å². The van der Waals surface area contributed by atoms with Crippen molar-refractivity contribution in [3.63, 3.8) is 0 Å². The Kier molecular flexibility index (Phi) is 2.72. The number of ether oxygens (including phenoxy) is 1. The summed E-state index contributed by atoms with van der Waals surface area (Å²) in [6, 6.07) is 9.94. The van der Waals surface area contributed by atoms with E-state index >= 15 is 0 Å². The van der Waals surface area contributed by atoms with E-state index in [4.69, 9.17) is 14.5 Å². The van der Waals surface area contributed by atoms with Gasteiger partial charge >= 0.3 is 7.60 Å². The minimum atomic E-state index is -4.19. The fraction of sp³-hybridized carbons (Fsp3) is 0.0909. The Labute approximate surface area is 92.6 Å². The zero-order valence-corrected chi connectivity index (χ0v) is 9.52. The summed E-state index contributed by atoms with van der Waals surface area (Å²) in [6.45, 7) is 0. The van der Waals surface area contributed by atoms with Gasteiger partial charge in [-0.25, -0.2) is 0 Å². The molecule has 5 heteroatoms. The SMILES string of the molecule is COc1cccc2cc(P(=O)(O)O)ccc12. The standard InChI is InChI=1S/C11H11O4P/c1-15-11-4-2-3-8-7-9(16(12,13)14)5-6-10(8)11/h2-7H,1H3,(H2,12,13,14). The van der Waals surface area contributed by atoms with Crippen molar-refractivity contribution in [1.82, 2.24) is 0 Å². The van der Waals surface area contributed by atoms with E-state index < -0.39 is 7.60 Å². The van der Waals surface area contributed by atoms with Gasteiger partial charge in [-0.05, 0) is 29.7 Å². The van der Waals surface area contributed by atoms with Crippen LogP contribution in [-0.2, 0) is 4.57 Å². The van der Waals surface area contributed by atoms with Gasteiger partial charge in [0.05, 0.1) is 12.4 Å². The van der Waals surface area contributed by atoms with E-state index in [1.807, 2.05) is 0 Å². The Hall–Kier alpha value is -1.35. The highest BCUT2D eigenvalue weighted by atomic mass is 31.2. The van der Waals surface area contributed by atoms with E-state index in [0.29, 0.717) is 5.75 Å². The molecule has 0 radical (unpaired) electrons. The Morgan fingerprint density at radius 3 is 2.56 bits per heavy atom. The third-order valence-electron chi connectivity index (χ3n) is 2.38. The summed E-state index contributed by atoms with van der Waals surface area (Å²) in [4.78, 5) is 18.1. The van der Waals surface area contributed by atoms with Gasteiger partial charge < -0.3 is 14.5 Å². The van der Waals surface area contributed by atoms with Crippen LogP contribution in [0.3, 0.4) is 0 Å². The van der Waals surface area contributed by atoms with Crippen LogP contribution in [0.2, 0.25) is 0 Å². The van der Waals surface area contributed by atoms with Crippen LogP contribution >= 0.6 is 7.60 Å². The summed E-state index contributed by atoms with van der Waals surface area (Å²) in [5.74, 6) is 0.690. The molecule has 0 aliphatic rings. The van der Waals surface area contributed by atoms with Gasteiger partial charge in [0.25, 0.3) is 0 Å². The van der Waals surface area contributed by atoms with Crippen LogP contribution in [0.5, 0.6) is 5.75 Å². The summed E-state index contributed by atoms with van der Waals surface area (Å²) in [7, 11) is -2.63. The molecule has 0 atom stereocenters. The predicted octanol–water partition coefficient (Wildman–Crippen LogP) is 1.65. The van der Waals surface area contributed by atoms with Crippen LogP contribution in [0, 0.1) is 0 Å². The van der Waals surface area contributed by atoms with E-state index in [0.717, 1.165) is 10.8 Å². The lowest BCUT2D eigenvalue weighted by Crippen LogP contribution is -2.02. The molecule has 0 saturated carbocycles. The van der Waals surface area contributed by atoms with Crippen LogP contribution < -0.4 is 10.0 Å². The second kappa shape index (κ2) is 3.91. The number of fused-ring (bicyclic) bond motifs is 1. The first-order valence-corrected chi connectivity index (χ1v) is 6.26. The Balaban J connectivity index is 2.69. The summed E-state index contributed by atoms with van der Waals surface area (Å²) in [5.41, 5.74) is 0. The number of benzene rings is 2. The first kappa shape index (κ1) is 11.1. The number of rotatable bonds is 2. The maximum absolute atomic E-state index is 11.1. The van der Waals surface area contributed by atoms with Crippen molar-refractivity contribution < 1.29 is 19.1 Å². The Morgan fingerprint density at radius 1 is 1.19 bits per heavy atom. The first-order chi connectivity index (χ1) is 7.52. The Bertz CT molecular complexity index is 573. The van der Waals surface area contributed by atoms with Crippen molar-refractivity contribution >= 4 is 23.7 Å². The van der Waals surface area contributed by atoms with E-state index in [-0.39, 0.29) is 5.30 Å². The van der Waals surface area contributed by atoms with Gasteiger partial charge in [0.2, 0.25) is 0 Å². The maximum Gasteiger partial charge on any atom is 0.356 e. The zero-order valence-electron chi connectivity index (χ0n) is 8.62. The molecule has 0 saturated heterocycles. The van der Waals surface area contributed by atoms with Crippen molar-refractivity contribution in [1.29, 1.82) is 0 Å². The minimum Gasteiger partial charge on any atom is -0.496 e. The van der Waals surface area contributed by atoms with Crippen LogP contribution in [0.25, 0.3) is 10.8 Å².